The Bertz CT molecular complexity index is 1350. The van der Waals surface area contributed by atoms with Gasteiger partial charge in [0.15, 0.2) is 5.75 Å². The van der Waals surface area contributed by atoms with Crippen LogP contribution in [0.3, 0.4) is 0 Å². The molecular formula is C30H42N4O7S. The van der Waals surface area contributed by atoms with Crippen LogP contribution in [0.1, 0.15) is 56.3 Å². The predicted molar refractivity (Wildman–Crippen MR) is 159 cm³/mol. The first-order valence-electron chi connectivity index (χ1n) is 14.4. The van der Waals surface area contributed by atoms with Gasteiger partial charge in [-0.25, -0.2) is 13.2 Å². The van der Waals surface area contributed by atoms with Crippen molar-refractivity contribution in [1.29, 1.82) is 0 Å². The Labute approximate surface area is 248 Å². The summed E-state index contributed by atoms with van der Waals surface area (Å²) in [6.07, 6.45) is 4.43. The third-order valence-corrected chi connectivity index (χ3v) is 9.92. The van der Waals surface area contributed by atoms with Crippen molar-refractivity contribution in [3.8, 4) is 11.5 Å². The smallest absolute Gasteiger partial charge is 0.319 e. The summed E-state index contributed by atoms with van der Waals surface area (Å²) in [5.74, 6) is 0.0462. The maximum absolute atomic E-state index is 13.7. The number of sulfonamides is 1. The summed E-state index contributed by atoms with van der Waals surface area (Å²) in [6, 6.07) is 10.3. The van der Waals surface area contributed by atoms with E-state index in [1.54, 1.807) is 42.2 Å². The molecule has 1 aliphatic heterocycles. The molecule has 11 nitrogen and oxygen atoms in total. The van der Waals surface area contributed by atoms with Gasteiger partial charge in [-0.2, -0.15) is 4.31 Å². The molecule has 1 aliphatic carbocycles. The number of anilines is 1. The van der Waals surface area contributed by atoms with Crippen molar-refractivity contribution in [2.45, 2.75) is 69.0 Å². The highest BCUT2D eigenvalue weighted by atomic mass is 32.2. The van der Waals surface area contributed by atoms with Gasteiger partial charge in [0, 0.05) is 25.6 Å². The number of fused-ring (bicyclic) bond motifs is 1. The number of urea groups is 1. The van der Waals surface area contributed by atoms with Gasteiger partial charge in [0.25, 0.3) is 5.91 Å². The van der Waals surface area contributed by atoms with E-state index in [1.807, 2.05) is 6.92 Å². The standard InChI is InChI=1S/C30H42N4O7S/c1-20-17-34(21(2)19-35)29(36)25-11-8-12-26(32-30(37)31-22-9-6-5-7-10-22)28(25)41-27(20)18-33(3)42(38,39)24-15-13-23(40-4)14-16-24/h8,11-16,20-22,27,35H,5-7,9-10,17-19H2,1-4H3,(H2,31,32,37)/t20-,21-,27+/m1/s1. The molecule has 1 heterocycles. The Morgan fingerprint density at radius 1 is 1.17 bits per heavy atom. The van der Waals surface area contributed by atoms with E-state index in [0.717, 1.165) is 32.1 Å². The molecule has 42 heavy (non-hydrogen) atoms. The topological polar surface area (TPSA) is 138 Å². The van der Waals surface area contributed by atoms with E-state index in [0.29, 0.717) is 11.4 Å². The van der Waals surface area contributed by atoms with E-state index >= 15 is 0 Å². The molecule has 0 bridgehead atoms. The van der Waals surface area contributed by atoms with Gasteiger partial charge in [0.05, 0.1) is 42.4 Å². The van der Waals surface area contributed by atoms with Gasteiger partial charge < -0.3 is 30.1 Å². The zero-order valence-electron chi connectivity index (χ0n) is 24.7. The van der Waals surface area contributed by atoms with E-state index in [9.17, 15) is 23.1 Å². The minimum atomic E-state index is -3.88. The molecule has 0 radical (unpaired) electrons. The van der Waals surface area contributed by atoms with Crippen LogP contribution in [-0.4, -0.2) is 86.7 Å². The van der Waals surface area contributed by atoms with Gasteiger partial charge in [-0.1, -0.05) is 32.3 Å². The van der Waals surface area contributed by atoms with Crippen molar-refractivity contribution in [3.05, 3.63) is 48.0 Å². The summed E-state index contributed by atoms with van der Waals surface area (Å²) >= 11 is 0. The lowest BCUT2D eigenvalue weighted by molar-refractivity contribution is 0.0389. The molecule has 3 atom stereocenters. The number of hydrogen-bond donors (Lipinski definition) is 3. The number of methoxy groups -OCH3 is 1. The van der Waals surface area contributed by atoms with Gasteiger partial charge in [0.1, 0.15) is 11.9 Å². The number of carbonyl (C=O) groups excluding carboxylic acids is 2. The first-order valence-corrected chi connectivity index (χ1v) is 15.9. The van der Waals surface area contributed by atoms with Crippen molar-refractivity contribution >= 4 is 27.6 Å². The third kappa shape index (κ3) is 7.16. The number of carbonyl (C=O) groups is 2. The maximum atomic E-state index is 13.7. The Kier molecular flexibility index (Phi) is 10.3. The number of likely N-dealkylation sites (N-methyl/N-ethyl adjacent to an activating group) is 1. The van der Waals surface area contributed by atoms with E-state index in [4.69, 9.17) is 9.47 Å². The lowest BCUT2D eigenvalue weighted by Crippen LogP contribution is -2.50. The van der Waals surface area contributed by atoms with Gasteiger partial charge in [-0.15, -0.1) is 0 Å². The first-order chi connectivity index (χ1) is 20.0. The minimum Gasteiger partial charge on any atom is -0.497 e. The Morgan fingerprint density at radius 2 is 1.86 bits per heavy atom. The molecule has 0 unspecified atom stereocenters. The molecule has 0 saturated heterocycles. The number of para-hydroxylation sites is 1. The fourth-order valence-electron chi connectivity index (χ4n) is 5.43. The molecule has 2 aromatic carbocycles. The van der Waals surface area contributed by atoms with E-state index in [2.05, 4.69) is 10.6 Å². The molecule has 0 aromatic heterocycles. The second-order valence-corrected chi connectivity index (χ2v) is 13.2. The average Bonchev–Trinajstić information content (AvgIpc) is 2.99. The van der Waals surface area contributed by atoms with Crippen LogP contribution in [0.5, 0.6) is 11.5 Å². The molecule has 2 aliphatic rings. The fraction of sp³-hybridized carbons (Fsp3) is 0.533. The van der Waals surface area contributed by atoms with Gasteiger partial charge in [-0.3, -0.25) is 4.79 Å². The molecule has 2 aromatic rings. The average molecular weight is 603 g/mol. The maximum Gasteiger partial charge on any atom is 0.319 e. The molecule has 0 spiro atoms. The molecule has 3 amide bonds. The van der Waals surface area contributed by atoms with Crippen molar-refractivity contribution in [2.24, 2.45) is 5.92 Å². The fourth-order valence-corrected chi connectivity index (χ4v) is 6.61. The van der Waals surface area contributed by atoms with Gasteiger partial charge in [-0.05, 0) is 56.2 Å². The van der Waals surface area contributed by atoms with Crippen LogP contribution >= 0.6 is 0 Å². The summed E-state index contributed by atoms with van der Waals surface area (Å²) in [5.41, 5.74) is 0.536. The monoisotopic (exact) mass is 602 g/mol. The Balaban J connectivity index is 1.65. The summed E-state index contributed by atoms with van der Waals surface area (Å²) in [6.45, 7) is 3.60. The number of nitrogens with one attached hydrogen (secondary N) is 2. The molecule has 12 heteroatoms. The second kappa shape index (κ2) is 13.7. The lowest BCUT2D eigenvalue weighted by atomic mass is 9.96. The number of rotatable bonds is 9. The molecule has 4 rings (SSSR count). The van der Waals surface area contributed by atoms with Crippen LogP contribution in [0.2, 0.25) is 0 Å². The molecule has 1 fully saturated rings. The number of benzene rings is 2. The van der Waals surface area contributed by atoms with E-state index in [-0.39, 0.29) is 53.8 Å². The van der Waals surface area contributed by atoms with Crippen LogP contribution in [0.25, 0.3) is 0 Å². The molecular weight excluding hydrogens is 560 g/mol. The third-order valence-electron chi connectivity index (χ3n) is 8.08. The largest absolute Gasteiger partial charge is 0.497 e. The van der Waals surface area contributed by atoms with Crippen molar-refractivity contribution < 1.29 is 32.6 Å². The van der Waals surface area contributed by atoms with Crippen LogP contribution in [0.15, 0.2) is 47.4 Å². The number of amides is 3. The van der Waals surface area contributed by atoms with Crippen molar-refractivity contribution in [1.82, 2.24) is 14.5 Å². The Morgan fingerprint density at radius 3 is 2.50 bits per heavy atom. The lowest BCUT2D eigenvalue weighted by Gasteiger charge is -2.38. The molecule has 230 valence electrons. The van der Waals surface area contributed by atoms with Crippen molar-refractivity contribution in [2.75, 3.05) is 39.2 Å². The van der Waals surface area contributed by atoms with Crippen LogP contribution in [0, 0.1) is 5.92 Å². The molecule has 3 N–H and O–H groups in total. The zero-order valence-corrected chi connectivity index (χ0v) is 25.5. The van der Waals surface area contributed by atoms with E-state index in [1.165, 1.54) is 30.6 Å². The Hall–Kier alpha value is -3.35. The molecule has 1 saturated carbocycles. The van der Waals surface area contributed by atoms with Gasteiger partial charge >= 0.3 is 6.03 Å². The SMILES string of the molecule is COc1ccc(S(=O)(=O)N(C)C[C@@H]2Oc3c(NC(=O)NC4CCCCC4)cccc3C(=O)N([C@H](C)CO)C[C@H]2C)cc1. The second-order valence-electron chi connectivity index (χ2n) is 11.2. The number of aliphatic hydroxyl groups excluding tert-OH is 1. The zero-order chi connectivity index (χ0) is 30.4. The first kappa shape index (κ1) is 31.6. The number of aliphatic hydroxyl groups is 1. The van der Waals surface area contributed by atoms with E-state index < -0.39 is 28.2 Å². The predicted octanol–water partition coefficient (Wildman–Crippen LogP) is 3.69. The van der Waals surface area contributed by atoms with Gasteiger partial charge in [0.2, 0.25) is 10.0 Å². The summed E-state index contributed by atoms with van der Waals surface area (Å²) in [5, 5.41) is 15.8. The highest BCUT2D eigenvalue weighted by molar-refractivity contribution is 7.89. The van der Waals surface area contributed by atoms with Crippen molar-refractivity contribution in [3.63, 3.8) is 0 Å². The summed E-state index contributed by atoms with van der Waals surface area (Å²) in [4.78, 5) is 28.4. The van der Waals surface area contributed by atoms with Crippen LogP contribution < -0.4 is 20.1 Å². The minimum absolute atomic E-state index is 0.0207. The highest BCUT2D eigenvalue weighted by Gasteiger charge is 2.36. The van der Waals surface area contributed by atoms with Crippen LogP contribution in [0.4, 0.5) is 10.5 Å². The van der Waals surface area contributed by atoms with Crippen LogP contribution in [-0.2, 0) is 10.0 Å². The summed E-state index contributed by atoms with van der Waals surface area (Å²) in [7, 11) is -0.887. The highest BCUT2D eigenvalue weighted by Crippen LogP contribution is 2.35. The number of ether oxygens (including phenoxy) is 2. The quantitative estimate of drug-likeness (QED) is 0.398. The number of nitrogens with zero attached hydrogens (tertiary/aromatic N) is 2. The normalized spacial score (nSPS) is 20.6. The number of hydrogen-bond acceptors (Lipinski definition) is 7. The summed E-state index contributed by atoms with van der Waals surface area (Å²) < 4.78 is 39.7.